The summed E-state index contributed by atoms with van der Waals surface area (Å²) in [6.07, 6.45) is 5.33. The Morgan fingerprint density at radius 2 is 2.05 bits per heavy atom. The molecule has 11 heteroatoms. The van der Waals surface area contributed by atoms with Gasteiger partial charge in [-0.05, 0) is 64.4 Å². The van der Waals surface area contributed by atoms with Crippen LogP contribution in [0.4, 0.5) is 10.2 Å². The molecule has 200 valence electrons. The molecule has 1 fully saturated rings. The van der Waals surface area contributed by atoms with Gasteiger partial charge < -0.3 is 26.1 Å². The molecule has 0 bridgehead atoms. The molecule has 0 spiro atoms. The molecule has 0 aliphatic carbocycles. The number of hydrogen-bond acceptors (Lipinski definition) is 7. The maximum absolute atomic E-state index is 14.0. The molecule has 1 aromatic carbocycles. The SMILES string of the molecule is CNC(C)(C)C(=O)N1CCC(N=CC(C=N)c2cnc(N)c(OC(C)c3c(Cl)ccc(F)c3Cl)c2)CC1. The molecule has 1 saturated heterocycles. The molecule has 3 rings (SSSR count). The molecule has 1 amide bonds. The summed E-state index contributed by atoms with van der Waals surface area (Å²) < 4.78 is 19.9. The molecular weight excluding hydrogens is 518 g/mol. The van der Waals surface area contributed by atoms with Gasteiger partial charge in [0.2, 0.25) is 5.91 Å². The van der Waals surface area contributed by atoms with Gasteiger partial charge in [0, 0.05) is 42.3 Å². The minimum atomic E-state index is -0.706. The molecule has 1 aliphatic rings. The average Bonchev–Trinajstić information content (AvgIpc) is 2.88. The summed E-state index contributed by atoms with van der Waals surface area (Å²) in [5.74, 6) is -0.570. The number of nitrogens with one attached hydrogen (secondary N) is 2. The molecule has 4 N–H and O–H groups in total. The van der Waals surface area contributed by atoms with E-state index in [0.717, 1.165) is 12.8 Å². The van der Waals surface area contributed by atoms with E-state index in [4.69, 9.17) is 44.1 Å². The molecule has 2 unspecified atom stereocenters. The van der Waals surface area contributed by atoms with E-state index < -0.39 is 23.4 Å². The molecule has 1 aromatic heterocycles. The second kappa shape index (κ2) is 12.2. The van der Waals surface area contributed by atoms with Crippen molar-refractivity contribution in [3.63, 3.8) is 0 Å². The largest absolute Gasteiger partial charge is 0.482 e. The third-order valence-electron chi connectivity index (χ3n) is 6.63. The number of halogens is 3. The highest BCUT2D eigenvalue weighted by Gasteiger charge is 2.32. The van der Waals surface area contributed by atoms with Crippen LogP contribution in [0.1, 0.15) is 56.8 Å². The summed E-state index contributed by atoms with van der Waals surface area (Å²) in [5, 5.41) is 11.1. The molecule has 0 saturated carbocycles. The minimum absolute atomic E-state index is 0.0546. The third-order valence-corrected chi connectivity index (χ3v) is 7.34. The summed E-state index contributed by atoms with van der Waals surface area (Å²) in [4.78, 5) is 23.4. The van der Waals surface area contributed by atoms with Gasteiger partial charge in [-0.1, -0.05) is 23.2 Å². The highest BCUT2D eigenvalue weighted by molar-refractivity contribution is 6.36. The van der Waals surface area contributed by atoms with E-state index in [2.05, 4.69) is 10.3 Å². The van der Waals surface area contributed by atoms with Crippen LogP contribution in [0, 0.1) is 11.2 Å². The van der Waals surface area contributed by atoms with Crippen molar-refractivity contribution in [3.05, 3.63) is 51.4 Å². The van der Waals surface area contributed by atoms with Crippen molar-refractivity contribution in [1.82, 2.24) is 15.2 Å². The summed E-state index contributed by atoms with van der Waals surface area (Å²) in [7, 11) is 1.78. The Morgan fingerprint density at radius 3 is 2.68 bits per heavy atom. The number of aliphatic imine (C=N–C) groups is 1. The number of nitrogen functional groups attached to an aromatic ring is 1. The zero-order chi connectivity index (χ0) is 27.3. The number of amides is 1. The van der Waals surface area contributed by atoms with E-state index in [0.29, 0.717) is 24.2 Å². The summed E-state index contributed by atoms with van der Waals surface area (Å²) >= 11 is 12.3. The van der Waals surface area contributed by atoms with Crippen LogP contribution in [-0.4, -0.2) is 59.9 Å². The third kappa shape index (κ3) is 6.77. The van der Waals surface area contributed by atoms with E-state index >= 15 is 0 Å². The van der Waals surface area contributed by atoms with Crippen LogP contribution in [0.25, 0.3) is 0 Å². The number of aromatic nitrogens is 1. The predicted molar refractivity (Wildman–Crippen MR) is 147 cm³/mol. The number of likely N-dealkylation sites (N-methyl/N-ethyl adjacent to an activating group) is 1. The van der Waals surface area contributed by atoms with Gasteiger partial charge in [-0.3, -0.25) is 9.79 Å². The Balaban J connectivity index is 1.70. The second-order valence-electron chi connectivity index (χ2n) is 9.56. The van der Waals surface area contributed by atoms with Gasteiger partial charge in [0.05, 0.1) is 22.5 Å². The molecule has 2 aromatic rings. The number of likely N-dealkylation sites (tertiary alicyclic amines) is 1. The van der Waals surface area contributed by atoms with Gasteiger partial charge in [-0.25, -0.2) is 9.37 Å². The van der Waals surface area contributed by atoms with Crippen molar-refractivity contribution in [2.24, 2.45) is 4.99 Å². The first-order chi connectivity index (χ1) is 17.5. The van der Waals surface area contributed by atoms with Crippen LogP contribution in [0.3, 0.4) is 0 Å². The van der Waals surface area contributed by atoms with Crippen LogP contribution < -0.4 is 15.8 Å². The first-order valence-corrected chi connectivity index (χ1v) is 12.8. The quantitative estimate of drug-likeness (QED) is 0.298. The highest BCUT2D eigenvalue weighted by atomic mass is 35.5. The lowest BCUT2D eigenvalue weighted by Crippen LogP contribution is -2.54. The Bertz CT molecular complexity index is 1170. The maximum Gasteiger partial charge on any atom is 0.242 e. The van der Waals surface area contributed by atoms with Gasteiger partial charge in [-0.2, -0.15) is 0 Å². The predicted octanol–water partition coefficient (Wildman–Crippen LogP) is 5.04. The van der Waals surface area contributed by atoms with E-state index in [1.54, 1.807) is 32.4 Å². The van der Waals surface area contributed by atoms with E-state index in [-0.39, 0.29) is 33.6 Å². The molecule has 37 heavy (non-hydrogen) atoms. The number of anilines is 1. The van der Waals surface area contributed by atoms with Crippen LogP contribution in [-0.2, 0) is 4.79 Å². The van der Waals surface area contributed by atoms with E-state index in [1.807, 2.05) is 18.7 Å². The number of carbonyl (C=O) groups excluding carboxylic acids is 1. The smallest absolute Gasteiger partial charge is 0.242 e. The van der Waals surface area contributed by atoms with E-state index in [1.165, 1.54) is 18.3 Å². The lowest BCUT2D eigenvalue weighted by atomic mass is 9.99. The minimum Gasteiger partial charge on any atom is -0.482 e. The van der Waals surface area contributed by atoms with Crippen LogP contribution in [0.5, 0.6) is 5.75 Å². The van der Waals surface area contributed by atoms with Crippen molar-refractivity contribution < 1.29 is 13.9 Å². The van der Waals surface area contributed by atoms with Crippen molar-refractivity contribution in [1.29, 1.82) is 5.41 Å². The molecule has 2 heterocycles. The number of benzene rings is 1. The molecule has 1 aliphatic heterocycles. The van der Waals surface area contributed by atoms with Crippen LogP contribution in [0.15, 0.2) is 29.4 Å². The number of rotatable bonds is 9. The second-order valence-corrected chi connectivity index (χ2v) is 10.3. The molecule has 8 nitrogen and oxygen atoms in total. The Labute approximate surface area is 226 Å². The van der Waals surface area contributed by atoms with Gasteiger partial charge in [0.25, 0.3) is 0 Å². The maximum atomic E-state index is 14.0. The first-order valence-electron chi connectivity index (χ1n) is 12.1. The standard InChI is InChI=1S/C26H33Cl2FN6O2/c1-15(22-19(27)5-6-20(29)23(22)28)37-21-11-16(13-34-24(21)31)17(12-30)14-33-18-7-9-35(10-8-18)25(36)26(2,3)32-4/h5-6,11-15,17-18,30,32H,7-10H2,1-4H3,(H2,31,34). The average molecular weight is 551 g/mol. The summed E-state index contributed by atoms with van der Waals surface area (Å²) in [5.41, 5.74) is 6.39. The lowest BCUT2D eigenvalue weighted by Gasteiger charge is -2.36. The summed E-state index contributed by atoms with van der Waals surface area (Å²) in [6.45, 7) is 6.68. The number of carbonyl (C=O) groups is 1. The number of nitrogens with zero attached hydrogens (tertiary/aromatic N) is 3. The van der Waals surface area contributed by atoms with Crippen LogP contribution in [0.2, 0.25) is 10.0 Å². The normalized spacial score (nSPS) is 16.6. The molecule has 0 radical (unpaired) electrons. The number of pyridine rings is 1. The monoisotopic (exact) mass is 550 g/mol. The van der Waals surface area contributed by atoms with Crippen LogP contribution >= 0.6 is 23.2 Å². The Hall–Kier alpha value is -2.75. The zero-order valence-electron chi connectivity index (χ0n) is 21.4. The Morgan fingerprint density at radius 1 is 1.38 bits per heavy atom. The van der Waals surface area contributed by atoms with Crippen molar-refractivity contribution in [2.75, 3.05) is 25.9 Å². The fourth-order valence-corrected chi connectivity index (χ4v) is 4.75. The summed E-state index contributed by atoms with van der Waals surface area (Å²) in [6, 6.07) is 4.34. The van der Waals surface area contributed by atoms with Gasteiger partial charge in [0.1, 0.15) is 11.9 Å². The van der Waals surface area contributed by atoms with Gasteiger partial charge in [-0.15, -0.1) is 0 Å². The lowest BCUT2D eigenvalue weighted by molar-refractivity contribution is -0.137. The van der Waals surface area contributed by atoms with Crippen molar-refractivity contribution in [2.45, 2.75) is 57.2 Å². The number of nitrogens with two attached hydrogens (primary N) is 1. The molecule has 2 atom stereocenters. The van der Waals surface area contributed by atoms with Crippen molar-refractivity contribution in [3.8, 4) is 5.75 Å². The first kappa shape index (κ1) is 28.8. The highest BCUT2D eigenvalue weighted by Crippen LogP contribution is 2.36. The Kier molecular flexibility index (Phi) is 9.50. The fraction of sp³-hybridized carbons (Fsp3) is 0.462. The van der Waals surface area contributed by atoms with E-state index in [9.17, 15) is 9.18 Å². The fourth-order valence-electron chi connectivity index (χ4n) is 4.07. The zero-order valence-corrected chi connectivity index (χ0v) is 22.9. The number of ether oxygens (including phenoxy) is 1. The topological polar surface area (TPSA) is 117 Å². The van der Waals surface area contributed by atoms with Gasteiger partial charge >= 0.3 is 0 Å². The molecular formula is C26H33Cl2FN6O2. The number of hydrogen-bond donors (Lipinski definition) is 3. The van der Waals surface area contributed by atoms with Crippen molar-refractivity contribution >= 4 is 47.4 Å². The number of piperidine rings is 1. The van der Waals surface area contributed by atoms with Gasteiger partial charge in [0.15, 0.2) is 11.6 Å².